The van der Waals surface area contributed by atoms with Crippen molar-refractivity contribution in [3.8, 4) is 0 Å². The van der Waals surface area contributed by atoms with Gasteiger partial charge in [-0.3, -0.25) is 9.11 Å². The third-order valence-corrected chi connectivity index (χ3v) is 8.04. The summed E-state index contributed by atoms with van der Waals surface area (Å²) in [5.74, 6) is 2.32. The lowest BCUT2D eigenvalue weighted by Crippen LogP contribution is -2.51. The van der Waals surface area contributed by atoms with E-state index in [4.69, 9.17) is 17.5 Å². The van der Waals surface area contributed by atoms with Crippen molar-refractivity contribution in [1.29, 1.82) is 0 Å². The van der Waals surface area contributed by atoms with Crippen molar-refractivity contribution in [3.63, 3.8) is 0 Å². The van der Waals surface area contributed by atoms with Crippen LogP contribution in [0.1, 0.15) is 65.2 Å². The lowest BCUT2D eigenvalue weighted by atomic mass is 9.47. The highest BCUT2D eigenvalue weighted by atomic mass is 32.3. The van der Waals surface area contributed by atoms with Crippen molar-refractivity contribution in [2.24, 2.45) is 28.6 Å². The van der Waals surface area contributed by atoms with Crippen LogP contribution in [-0.2, 0) is 10.4 Å². The Kier molecular flexibility index (Phi) is 5.34. The van der Waals surface area contributed by atoms with Crippen LogP contribution in [0.15, 0.2) is 11.6 Å². The minimum absolute atomic E-state index is 0.0682. The summed E-state index contributed by atoms with van der Waals surface area (Å²) in [6, 6.07) is 0. The average molecular weight is 389 g/mol. The van der Waals surface area contributed by atoms with Gasteiger partial charge in [0.25, 0.3) is 0 Å². The number of aliphatic hydroxyl groups excluding tert-OH is 2. The molecule has 0 heterocycles. The highest BCUT2D eigenvalue weighted by Crippen LogP contribution is 2.65. The first-order valence-electron chi connectivity index (χ1n) is 9.72. The predicted molar refractivity (Wildman–Crippen MR) is 97.9 cm³/mol. The quantitative estimate of drug-likeness (QED) is 0.374. The average Bonchev–Trinajstić information content (AvgIpc) is 2.82. The molecular weight excluding hydrogens is 356 g/mol. The first-order valence-corrected chi connectivity index (χ1v) is 11.1. The maximum absolute atomic E-state index is 10.5. The number of rotatable bonds is 0. The minimum atomic E-state index is -4.67. The largest absolute Gasteiger partial charge is 0.394 e. The fraction of sp³-hybridized carbons (Fsp3) is 0.895. The van der Waals surface area contributed by atoms with Crippen LogP contribution in [0, 0.1) is 28.6 Å². The summed E-state index contributed by atoms with van der Waals surface area (Å²) in [6.45, 7) is 4.82. The monoisotopic (exact) mass is 388 g/mol. The zero-order valence-electron chi connectivity index (χ0n) is 15.6. The van der Waals surface area contributed by atoms with Gasteiger partial charge in [-0.2, -0.15) is 8.42 Å². The Balaban J connectivity index is 0.000000349. The maximum atomic E-state index is 10.5. The van der Waals surface area contributed by atoms with Gasteiger partial charge in [0.1, 0.15) is 0 Å². The Hall–Kier alpha value is -0.470. The number of hydrogen-bond acceptors (Lipinski definition) is 4. The van der Waals surface area contributed by atoms with E-state index in [-0.39, 0.29) is 17.6 Å². The van der Waals surface area contributed by atoms with E-state index in [1.54, 1.807) is 5.57 Å². The smallest absolute Gasteiger partial charge is 0.393 e. The third-order valence-electron chi connectivity index (χ3n) is 8.04. The molecule has 0 aliphatic heterocycles. The third kappa shape index (κ3) is 3.61. The van der Waals surface area contributed by atoms with Crippen molar-refractivity contribution < 1.29 is 27.7 Å². The molecule has 0 saturated heterocycles. The van der Waals surface area contributed by atoms with E-state index >= 15 is 0 Å². The van der Waals surface area contributed by atoms with Crippen LogP contribution in [0.4, 0.5) is 0 Å². The fourth-order valence-electron chi connectivity index (χ4n) is 6.68. The van der Waals surface area contributed by atoms with E-state index in [0.717, 1.165) is 37.0 Å². The second-order valence-electron chi connectivity index (χ2n) is 9.22. The van der Waals surface area contributed by atoms with Gasteiger partial charge in [-0.05, 0) is 80.0 Å². The van der Waals surface area contributed by atoms with E-state index in [2.05, 4.69) is 19.9 Å². The summed E-state index contributed by atoms with van der Waals surface area (Å²) in [7, 11) is -4.67. The molecule has 0 spiro atoms. The second kappa shape index (κ2) is 6.85. The zero-order valence-corrected chi connectivity index (χ0v) is 16.5. The molecule has 4 N–H and O–H groups in total. The first kappa shape index (κ1) is 20.3. The zero-order chi connectivity index (χ0) is 19.3. The predicted octanol–water partition coefficient (Wildman–Crippen LogP) is 3.02. The van der Waals surface area contributed by atoms with Crippen LogP contribution in [0.25, 0.3) is 0 Å². The van der Waals surface area contributed by atoms with Gasteiger partial charge in [-0.1, -0.05) is 25.5 Å². The maximum Gasteiger partial charge on any atom is 0.394 e. The molecule has 4 aliphatic carbocycles. The molecule has 0 aromatic rings. The Morgan fingerprint density at radius 3 is 2.27 bits per heavy atom. The molecule has 1 unspecified atom stereocenters. The van der Waals surface area contributed by atoms with Gasteiger partial charge in [0.05, 0.1) is 12.2 Å². The Bertz CT molecular complexity index is 666. The molecule has 0 radical (unpaired) electrons. The summed E-state index contributed by atoms with van der Waals surface area (Å²) in [6.07, 6.45) is 11.2. The van der Waals surface area contributed by atoms with Gasteiger partial charge in [0, 0.05) is 0 Å². The van der Waals surface area contributed by atoms with E-state index in [1.165, 1.54) is 32.1 Å². The standard InChI is InChI=1S/C19H30O2.H2O4S/c1-18-9-7-13(20)11-12(18)3-4-14-15-5-6-17(21)19(15,2)10-8-16(14)18;1-5(2,3)4/h11,13-17,20-21H,3-10H2,1-2H3;(H2,1,2,3,4)/t13?,14-,15-,16-,17+,18-,19-;/m0./s1. The van der Waals surface area contributed by atoms with Crippen molar-refractivity contribution in [3.05, 3.63) is 11.6 Å². The summed E-state index contributed by atoms with van der Waals surface area (Å²) in [5.41, 5.74) is 2.06. The topological polar surface area (TPSA) is 115 Å². The summed E-state index contributed by atoms with van der Waals surface area (Å²) >= 11 is 0. The number of fused-ring (bicyclic) bond motifs is 5. The molecular formula is C19H32O6S. The SMILES string of the molecule is C[C@]12CC[C@H]3[C@@H](CCC4=CC(O)CC[C@@]43C)[C@@H]1CC[C@H]2O.O=S(=O)(O)O. The molecule has 0 aromatic carbocycles. The molecule has 3 saturated carbocycles. The van der Waals surface area contributed by atoms with Crippen molar-refractivity contribution in [2.45, 2.75) is 77.4 Å². The van der Waals surface area contributed by atoms with Gasteiger partial charge in [-0.25, -0.2) is 0 Å². The molecule has 3 fully saturated rings. The van der Waals surface area contributed by atoms with Crippen LogP contribution < -0.4 is 0 Å². The number of allylic oxidation sites excluding steroid dienone is 1. The lowest BCUT2D eigenvalue weighted by Gasteiger charge is -2.58. The highest BCUT2D eigenvalue weighted by Gasteiger charge is 2.58. The Morgan fingerprint density at radius 1 is 0.962 bits per heavy atom. The fourth-order valence-corrected chi connectivity index (χ4v) is 6.68. The molecule has 0 bridgehead atoms. The minimum Gasteiger partial charge on any atom is -0.393 e. The van der Waals surface area contributed by atoms with E-state index in [1.807, 2.05) is 0 Å². The summed E-state index contributed by atoms with van der Waals surface area (Å²) in [5, 5.41) is 20.4. The Morgan fingerprint density at radius 2 is 1.62 bits per heavy atom. The van der Waals surface area contributed by atoms with Crippen LogP contribution in [-0.4, -0.2) is 39.9 Å². The highest BCUT2D eigenvalue weighted by molar-refractivity contribution is 7.79. The van der Waals surface area contributed by atoms with Gasteiger partial charge in [0.15, 0.2) is 0 Å². The molecule has 0 aromatic heterocycles. The molecule has 7 atom stereocenters. The van der Waals surface area contributed by atoms with Crippen molar-refractivity contribution >= 4 is 10.4 Å². The lowest BCUT2D eigenvalue weighted by molar-refractivity contribution is -0.0761. The molecule has 6 nitrogen and oxygen atoms in total. The number of aliphatic hydroxyl groups is 2. The summed E-state index contributed by atoms with van der Waals surface area (Å²) < 4.78 is 31.6. The van der Waals surface area contributed by atoms with E-state index in [0.29, 0.717) is 5.41 Å². The van der Waals surface area contributed by atoms with Crippen LogP contribution in [0.2, 0.25) is 0 Å². The summed E-state index contributed by atoms with van der Waals surface area (Å²) in [4.78, 5) is 0. The number of hydrogen-bond donors (Lipinski definition) is 4. The van der Waals surface area contributed by atoms with Crippen LogP contribution in [0.3, 0.4) is 0 Å². The van der Waals surface area contributed by atoms with Gasteiger partial charge in [0.2, 0.25) is 0 Å². The van der Waals surface area contributed by atoms with E-state index in [9.17, 15) is 10.2 Å². The molecule has 26 heavy (non-hydrogen) atoms. The van der Waals surface area contributed by atoms with Gasteiger partial charge < -0.3 is 10.2 Å². The van der Waals surface area contributed by atoms with Crippen molar-refractivity contribution in [2.75, 3.05) is 0 Å². The van der Waals surface area contributed by atoms with Gasteiger partial charge >= 0.3 is 10.4 Å². The first-order chi connectivity index (χ1) is 11.9. The van der Waals surface area contributed by atoms with Crippen molar-refractivity contribution in [1.82, 2.24) is 0 Å². The second-order valence-corrected chi connectivity index (χ2v) is 10.1. The molecule has 7 heteroatoms. The normalized spacial score (nSPS) is 47.6. The molecule has 4 aliphatic rings. The van der Waals surface area contributed by atoms with Crippen LogP contribution in [0.5, 0.6) is 0 Å². The Labute approximate surface area is 156 Å². The van der Waals surface area contributed by atoms with Gasteiger partial charge in [-0.15, -0.1) is 0 Å². The molecule has 0 amide bonds. The van der Waals surface area contributed by atoms with Crippen LogP contribution >= 0.6 is 0 Å². The molecule has 4 rings (SSSR count). The van der Waals surface area contributed by atoms with E-state index < -0.39 is 10.4 Å². The molecule has 150 valence electrons.